The summed E-state index contributed by atoms with van der Waals surface area (Å²) in [5.74, 6) is -0.0501. The molecular weight excluding hydrogens is 452 g/mol. The first kappa shape index (κ1) is 24.4. The molecule has 0 bridgehead atoms. The Morgan fingerprint density at radius 2 is 1.75 bits per heavy atom. The quantitative estimate of drug-likeness (QED) is 0.510. The molecule has 1 saturated heterocycles. The van der Waals surface area contributed by atoms with Gasteiger partial charge < -0.3 is 19.1 Å². The third kappa shape index (κ3) is 5.13. The number of pyridine rings is 2. The Morgan fingerprint density at radius 3 is 2.47 bits per heavy atom. The van der Waals surface area contributed by atoms with Crippen LogP contribution in [0.25, 0.3) is 11.1 Å². The van der Waals surface area contributed by atoms with Crippen molar-refractivity contribution < 1.29 is 9.53 Å². The van der Waals surface area contributed by atoms with E-state index in [4.69, 9.17) is 4.74 Å². The average molecular weight is 487 g/mol. The third-order valence-electron chi connectivity index (χ3n) is 7.42. The van der Waals surface area contributed by atoms with Gasteiger partial charge in [-0.25, -0.2) is 0 Å². The van der Waals surface area contributed by atoms with Gasteiger partial charge in [0.05, 0.1) is 0 Å². The van der Waals surface area contributed by atoms with Crippen LogP contribution in [0.4, 0.5) is 0 Å². The minimum Gasteiger partial charge on any atom is -0.367 e. The lowest BCUT2D eigenvalue weighted by Crippen LogP contribution is -2.43. The monoisotopic (exact) mass is 486 g/mol. The highest BCUT2D eigenvalue weighted by Gasteiger charge is 2.30. The van der Waals surface area contributed by atoms with E-state index >= 15 is 0 Å². The lowest BCUT2D eigenvalue weighted by atomic mass is 9.98. The molecule has 7 nitrogen and oxygen atoms in total. The Balaban J connectivity index is 1.46. The number of likely N-dealkylation sites (tertiary alicyclic amines) is 1. The van der Waals surface area contributed by atoms with E-state index in [1.54, 1.807) is 19.5 Å². The smallest absolute Gasteiger partial charge is 0.258 e. The van der Waals surface area contributed by atoms with Crippen LogP contribution in [-0.4, -0.2) is 58.5 Å². The fourth-order valence-electron chi connectivity index (χ4n) is 5.48. The van der Waals surface area contributed by atoms with Gasteiger partial charge in [0.25, 0.3) is 11.5 Å². The molecule has 1 atom stereocenters. The topological polar surface area (TPSA) is 67.7 Å². The summed E-state index contributed by atoms with van der Waals surface area (Å²) in [7, 11) is 1.58. The number of nitrogens with zero attached hydrogens (tertiary/aromatic N) is 4. The van der Waals surface area contributed by atoms with Crippen molar-refractivity contribution in [3.63, 3.8) is 0 Å². The maximum Gasteiger partial charge on any atom is 0.258 e. The summed E-state index contributed by atoms with van der Waals surface area (Å²) in [5.41, 5.74) is 4.48. The summed E-state index contributed by atoms with van der Waals surface area (Å²) in [5, 5.41) is 0. The number of amides is 1. The summed E-state index contributed by atoms with van der Waals surface area (Å²) in [6.07, 6.45) is 7.18. The highest BCUT2D eigenvalue weighted by atomic mass is 16.5. The number of carbonyl (C=O) groups is 1. The molecule has 0 saturated carbocycles. The van der Waals surface area contributed by atoms with Crippen LogP contribution in [0.5, 0.6) is 0 Å². The molecule has 0 N–H and O–H groups in total. The zero-order valence-electron chi connectivity index (χ0n) is 20.9. The minimum atomic E-state index is -0.641. The van der Waals surface area contributed by atoms with Crippen molar-refractivity contribution in [3.05, 3.63) is 88.1 Å². The summed E-state index contributed by atoms with van der Waals surface area (Å²) < 4.78 is 7.59. The number of piperidine rings is 1. The summed E-state index contributed by atoms with van der Waals surface area (Å²) >= 11 is 0. The SMILES string of the molecule is COC(C(=O)N1CCc2c(cc(-c3ccncc3)c(=O)n2CCN2CCCCC2)C1)c1ccccc1. The summed E-state index contributed by atoms with van der Waals surface area (Å²) in [6.45, 7) is 4.76. The second-order valence-electron chi connectivity index (χ2n) is 9.66. The Hall–Kier alpha value is -3.29. The first-order valence-electron chi connectivity index (χ1n) is 12.9. The van der Waals surface area contributed by atoms with Crippen molar-refractivity contribution in [3.8, 4) is 11.1 Å². The molecule has 36 heavy (non-hydrogen) atoms. The predicted octanol–water partition coefficient (Wildman–Crippen LogP) is 3.67. The van der Waals surface area contributed by atoms with E-state index in [9.17, 15) is 9.59 Å². The number of carbonyl (C=O) groups excluding carboxylic acids is 1. The molecule has 0 radical (unpaired) electrons. The van der Waals surface area contributed by atoms with Crippen molar-refractivity contribution in [1.82, 2.24) is 19.4 Å². The molecule has 1 aromatic carbocycles. The van der Waals surface area contributed by atoms with Crippen molar-refractivity contribution in [2.75, 3.05) is 33.3 Å². The van der Waals surface area contributed by atoms with Crippen LogP contribution in [0.2, 0.25) is 0 Å². The van der Waals surface area contributed by atoms with Gasteiger partial charge in [-0.1, -0.05) is 36.8 Å². The molecule has 7 heteroatoms. The number of fused-ring (bicyclic) bond motifs is 1. The second kappa shape index (κ2) is 11.2. The van der Waals surface area contributed by atoms with Crippen molar-refractivity contribution in [2.45, 2.75) is 44.9 Å². The highest BCUT2D eigenvalue weighted by molar-refractivity contribution is 5.82. The minimum absolute atomic E-state index is 0.0378. The Bertz CT molecular complexity index is 1240. The van der Waals surface area contributed by atoms with Crippen LogP contribution in [0.3, 0.4) is 0 Å². The molecule has 2 aliphatic heterocycles. The van der Waals surface area contributed by atoms with Gasteiger partial charge in [0.2, 0.25) is 0 Å². The number of hydrogen-bond donors (Lipinski definition) is 0. The van der Waals surface area contributed by atoms with Crippen LogP contribution in [0.15, 0.2) is 65.7 Å². The van der Waals surface area contributed by atoms with Gasteiger partial charge in [0.1, 0.15) is 0 Å². The van der Waals surface area contributed by atoms with Crippen molar-refractivity contribution in [2.24, 2.45) is 0 Å². The predicted molar refractivity (Wildman–Crippen MR) is 140 cm³/mol. The summed E-state index contributed by atoms with van der Waals surface area (Å²) in [6, 6.07) is 15.3. The first-order valence-corrected chi connectivity index (χ1v) is 12.9. The molecule has 3 aromatic rings. The van der Waals surface area contributed by atoms with Gasteiger partial charge in [0, 0.05) is 63.4 Å². The van der Waals surface area contributed by atoms with Gasteiger partial charge in [-0.3, -0.25) is 14.6 Å². The van der Waals surface area contributed by atoms with E-state index in [2.05, 4.69) is 9.88 Å². The first-order chi connectivity index (χ1) is 17.7. The number of methoxy groups -OCH3 is 1. The van der Waals surface area contributed by atoms with E-state index < -0.39 is 6.10 Å². The lowest BCUT2D eigenvalue weighted by molar-refractivity contribution is -0.143. The third-order valence-corrected chi connectivity index (χ3v) is 7.42. The molecule has 2 aliphatic rings. The number of rotatable bonds is 7. The molecule has 5 rings (SSSR count). The van der Waals surface area contributed by atoms with E-state index in [0.29, 0.717) is 31.6 Å². The Kier molecular flexibility index (Phi) is 7.58. The molecule has 1 unspecified atom stereocenters. The van der Waals surface area contributed by atoms with Crippen LogP contribution >= 0.6 is 0 Å². The standard InChI is InChI=1S/C29H34N4O3/c1-36-27(23-8-4-2-5-9-23)29(35)32-17-12-26-24(21-32)20-25(22-10-13-30-14-11-22)28(34)33(26)19-18-31-15-6-3-7-16-31/h2,4-5,8-11,13-14,20,27H,3,6-7,12,15-19,21H2,1H3. The van der Waals surface area contributed by atoms with Crippen LogP contribution in [0.1, 0.15) is 42.2 Å². The molecule has 2 aromatic heterocycles. The van der Waals surface area contributed by atoms with Crippen molar-refractivity contribution in [1.29, 1.82) is 0 Å². The fraction of sp³-hybridized carbons (Fsp3) is 0.414. The fourth-order valence-corrected chi connectivity index (χ4v) is 5.48. The average Bonchev–Trinajstić information content (AvgIpc) is 2.94. The molecule has 0 spiro atoms. The van der Waals surface area contributed by atoms with Crippen LogP contribution < -0.4 is 5.56 Å². The van der Waals surface area contributed by atoms with Crippen LogP contribution in [0, 0.1) is 0 Å². The zero-order chi connectivity index (χ0) is 24.9. The number of ether oxygens (including phenoxy) is 1. The molecule has 0 aliphatic carbocycles. The molecule has 4 heterocycles. The van der Waals surface area contributed by atoms with E-state index in [0.717, 1.165) is 42.0 Å². The van der Waals surface area contributed by atoms with Gasteiger partial charge in [-0.05, 0) is 60.8 Å². The largest absolute Gasteiger partial charge is 0.367 e. The van der Waals surface area contributed by atoms with Gasteiger partial charge in [0.15, 0.2) is 6.10 Å². The van der Waals surface area contributed by atoms with Crippen molar-refractivity contribution >= 4 is 5.91 Å². The highest BCUT2D eigenvalue weighted by Crippen LogP contribution is 2.27. The zero-order valence-corrected chi connectivity index (χ0v) is 20.9. The Labute approximate surface area is 212 Å². The van der Waals surface area contributed by atoms with Gasteiger partial charge >= 0.3 is 0 Å². The summed E-state index contributed by atoms with van der Waals surface area (Å²) in [4.78, 5) is 35.6. The number of benzene rings is 1. The number of hydrogen-bond acceptors (Lipinski definition) is 5. The van der Waals surface area contributed by atoms with E-state index in [1.807, 2.05) is 58.0 Å². The molecule has 1 amide bonds. The second-order valence-corrected chi connectivity index (χ2v) is 9.66. The lowest BCUT2D eigenvalue weighted by Gasteiger charge is -2.34. The molecule has 1 fully saturated rings. The molecule has 188 valence electrons. The number of aromatic nitrogens is 2. The Morgan fingerprint density at radius 1 is 1.00 bits per heavy atom. The normalized spacial score (nSPS) is 17.0. The molecular formula is C29H34N4O3. The van der Waals surface area contributed by atoms with E-state index in [1.165, 1.54) is 19.3 Å². The van der Waals surface area contributed by atoms with Crippen LogP contribution in [-0.2, 0) is 29.0 Å². The van der Waals surface area contributed by atoms with Gasteiger partial charge in [-0.2, -0.15) is 0 Å². The van der Waals surface area contributed by atoms with Gasteiger partial charge in [-0.15, -0.1) is 0 Å². The maximum atomic E-state index is 13.7. The van der Waals surface area contributed by atoms with E-state index in [-0.39, 0.29) is 11.5 Å². The maximum absolute atomic E-state index is 13.7.